The van der Waals surface area contributed by atoms with E-state index in [2.05, 4.69) is 15.9 Å². The molecule has 0 saturated heterocycles. The number of carbonyl (C=O) groups is 1. The van der Waals surface area contributed by atoms with Crippen molar-refractivity contribution in [2.75, 3.05) is 6.61 Å². The minimum atomic E-state index is -0.307. The van der Waals surface area contributed by atoms with Crippen LogP contribution in [0.1, 0.15) is 31.7 Å². The van der Waals surface area contributed by atoms with Gasteiger partial charge in [0.1, 0.15) is 0 Å². The van der Waals surface area contributed by atoms with E-state index in [4.69, 9.17) is 4.74 Å². The second-order valence-electron chi connectivity index (χ2n) is 4.83. The number of hydrogen-bond acceptors (Lipinski definition) is 3. The van der Waals surface area contributed by atoms with Gasteiger partial charge in [-0.1, -0.05) is 28.1 Å². The molecule has 0 spiro atoms. The minimum absolute atomic E-state index is 0.190. The third-order valence-corrected chi connectivity index (χ3v) is 3.97. The lowest BCUT2D eigenvalue weighted by Gasteiger charge is -2.45. The SMILES string of the molecule is CCOC(=O)CC1(c2cccc(Br)c2)CC(O)C1. The molecule has 0 bridgehead atoms. The first-order valence-corrected chi connectivity index (χ1v) is 6.95. The molecular formula is C14H17BrO3. The Morgan fingerprint density at radius 1 is 1.56 bits per heavy atom. The van der Waals surface area contributed by atoms with Crippen molar-refractivity contribution in [2.24, 2.45) is 0 Å². The summed E-state index contributed by atoms with van der Waals surface area (Å²) < 4.78 is 6.02. The van der Waals surface area contributed by atoms with Crippen LogP contribution in [-0.2, 0) is 14.9 Å². The van der Waals surface area contributed by atoms with Crippen LogP contribution in [0, 0.1) is 0 Å². The molecule has 1 aromatic rings. The number of ether oxygens (including phenoxy) is 1. The van der Waals surface area contributed by atoms with Gasteiger partial charge in [-0.05, 0) is 37.5 Å². The molecule has 4 heteroatoms. The zero-order valence-electron chi connectivity index (χ0n) is 10.4. The van der Waals surface area contributed by atoms with E-state index < -0.39 is 0 Å². The van der Waals surface area contributed by atoms with Gasteiger partial charge in [0.25, 0.3) is 0 Å². The summed E-state index contributed by atoms with van der Waals surface area (Å²) in [6, 6.07) is 7.94. The fourth-order valence-corrected chi connectivity index (χ4v) is 3.03. The summed E-state index contributed by atoms with van der Waals surface area (Å²) in [4.78, 5) is 11.7. The number of benzene rings is 1. The van der Waals surface area contributed by atoms with Crippen LogP contribution < -0.4 is 0 Å². The number of aliphatic hydroxyl groups excluding tert-OH is 1. The van der Waals surface area contributed by atoms with Crippen molar-refractivity contribution in [1.29, 1.82) is 0 Å². The fourth-order valence-electron chi connectivity index (χ4n) is 2.63. The Bertz CT molecular complexity index is 438. The molecule has 0 amide bonds. The molecule has 1 aliphatic rings. The lowest BCUT2D eigenvalue weighted by Crippen LogP contribution is -2.46. The Hall–Kier alpha value is -0.870. The van der Waals surface area contributed by atoms with Gasteiger partial charge in [0, 0.05) is 9.89 Å². The van der Waals surface area contributed by atoms with E-state index in [0.717, 1.165) is 10.0 Å². The number of halogens is 1. The largest absolute Gasteiger partial charge is 0.466 e. The van der Waals surface area contributed by atoms with E-state index in [1.807, 2.05) is 24.3 Å². The maximum atomic E-state index is 11.7. The van der Waals surface area contributed by atoms with E-state index in [0.29, 0.717) is 25.9 Å². The van der Waals surface area contributed by atoms with Crippen LogP contribution in [0.4, 0.5) is 0 Å². The van der Waals surface area contributed by atoms with Gasteiger partial charge < -0.3 is 9.84 Å². The van der Waals surface area contributed by atoms with Crippen LogP contribution in [-0.4, -0.2) is 23.8 Å². The van der Waals surface area contributed by atoms with Gasteiger partial charge in [0.15, 0.2) is 0 Å². The van der Waals surface area contributed by atoms with Crippen LogP contribution >= 0.6 is 15.9 Å². The molecule has 98 valence electrons. The predicted octanol–water partition coefficient (Wildman–Crippen LogP) is 2.79. The van der Waals surface area contributed by atoms with Crippen molar-refractivity contribution in [3.8, 4) is 0 Å². The molecule has 1 N–H and O–H groups in total. The van der Waals surface area contributed by atoms with Gasteiger partial charge in [-0.25, -0.2) is 0 Å². The highest BCUT2D eigenvalue weighted by Gasteiger charge is 2.46. The summed E-state index contributed by atoms with van der Waals surface area (Å²) >= 11 is 3.44. The van der Waals surface area contributed by atoms with E-state index >= 15 is 0 Å². The predicted molar refractivity (Wildman–Crippen MR) is 72.3 cm³/mol. The Morgan fingerprint density at radius 3 is 2.83 bits per heavy atom. The molecule has 1 saturated carbocycles. The van der Waals surface area contributed by atoms with Gasteiger partial charge in [0.2, 0.25) is 0 Å². The van der Waals surface area contributed by atoms with Crippen LogP contribution in [0.15, 0.2) is 28.7 Å². The van der Waals surface area contributed by atoms with Crippen molar-refractivity contribution in [2.45, 2.75) is 37.7 Å². The number of esters is 1. The number of hydrogen-bond donors (Lipinski definition) is 1. The Balaban J connectivity index is 2.20. The van der Waals surface area contributed by atoms with Gasteiger partial charge >= 0.3 is 5.97 Å². The smallest absolute Gasteiger partial charge is 0.306 e. The van der Waals surface area contributed by atoms with E-state index in [-0.39, 0.29) is 17.5 Å². The lowest BCUT2D eigenvalue weighted by molar-refractivity contribution is -0.147. The van der Waals surface area contributed by atoms with Gasteiger partial charge in [-0.15, -0.1) is 0 Å². The van der Waals surface area contributed by atoms with Gasteiger partial charge in [0.05, 0.1) is 19.1 Å². The molecular weight excluding hydrogens is 296 g/mol. The van der Waals surface area contributed by atoms with Crippen LogP contribution in [0.3, 0.4) is 0 Å². The van der Waals surface area contributed by atoms with Crippen LogP contribution in [0.5, 0.6) is 0 Å². The maximum Gasteiger partial charge on any atom is 0.306 e. The molecule has 2 rings (SSSR count). The Kier molecular flexibility index (Phi) is 4.07. The highest BCUT2D eigenvalue weighted by Crippen LogP contribution is 2.47. The molecule has 1 aliphatic carbocycles. The monoisotopic (exact) mass is 312 g/mol. The highest BCUT2D eigenvalue weighted by atomic mass is 79.9. The Labute approximate surface area is 115 Å². The third kappa shape index (κ3) is 2.75. The molecule has 0 aromatic heterocycles. The normalized spacial score (nSPS) is 26.5. The second-order valence-corrected chi connectivity index (χ2v) is 5.75. The van der Waals surface area contributed by atoms with Crippen molar-refractivity contribution < 1.29 is 14.6 Å². The second kappa shape index (κ2) is 5.41. The van der Waals surface area contributed by atoms with Crippen LogP contribution in [0.2, 0.25) is 0 Å². The average molecular weight is 313 g/mol. The standard InChI is InChI=1S/C14H17BrO3/c1-2-18-13(17)9-14(7-12(16)8-14)10-4-3-5-11(15)6-10/h3-6,12,16H,2,7-9H2,1H3. The topological polar surface area (TPSA) is 46.5 Å². The van der Waals surface area contributed by atoms with Gasteiger partial charge in [-0.3, -0.25) is 4.79 Å². The Morgan fingerprint density at radius 2 is 2.28 bits per heavy atom. The van der Waals surface area contributed by atoms with E-state index in [1.165, 1.54) is 0 Å². The quantitative estimate of drug-likeness (QED) is 0.870. The first-order valence-electron chi connectivity index (χ1n) is 6.15. The number of carbonyl (C=O) groups excluding carboxylic acids is 1. The molecule has 1 aromatic carbocycles. The minimum Gasteiger partial charge on any atom is -0.466 e. The van der Waals surface area contributed by atoms with Crippen molar-refractivity contribution in [3.05, 3.63) is 34.3 Å². The third-order valence-electron chi connectivity index (χ3n) is 3.48. The molecule has 1 fully saturated rings. The number of aliphatic hydroxyl groups is 1. The van der Waals surface area contributed by atoms with E-state index in [9.17, 15) is 9.90 Å². The zero-order valence-corrected chi connectivity index (χ0v) is 11.9. The maximum absolute atomic E-state index is 11.7. The lowest BCUT2D eigenvalue weighted by atomic mass is 9.61. The highest BCUT2D eigenvalue weighted by molar-refractivity contribution is 9.10. The zero-order chi connectivity index (χ0) is 13.2. The fraction of sp³-hybridized carbons (Fsp3) is 0.500. The first-order chi connectivity index (χ1) is 8.55. The summed E-state index contributed by atoms with van der Waals surface area (Å²) in [6.07, 6.45) is 1.29. The summed E-state index contributed by atoms with van der Waals surface area (Å²) in [5.74, 6) is -0.190. The molecule has 0 unspecified atom stereocenters. The summed E-state index contributed by atoms with van der Waals surface area (Å²) in [6.45, 7) is 2.20. The molecule has 0 radical (unpaired) electrons. The van der Waals surface area contributed by atoms with Crippen LogP contribution in [0.25, 0.3) is 0 Å². The molecule has 0 heterocycles. The first kappa shape index (κ1) is 13.6. The van der Waals surface area contributed by atoms with Crippen molar-refractivity contribution in [3.63, 3.8) is 0 Å². The summed E-state index contributed by atoms with van der Waals surface area (Å²) in [5.41, 5.74) is 0.838. The molecule has 18 heavy (non-hydrogen) atoms. The van der Waals surface area contributed by atoms with E-state index in [1.54, 1.807) is 6.92 Å². The van der Waals surface area contributed by atoms with Crippen molar-refractivity contribution in [1.82, 2.24) is 0 Å². The number of rotatable bonds is 4. The average Bonchev–Trinajstić information content (AvgIpc) is 2.26. The summed E-state index contributed by atoms with van der Waals surface area (Å²) in [7, 11) is 0. The molecule has 0 aliphatic heterocycles. The van der Waals surface area contributed by atoms with Gasteiger partial charge in [-0.2, -0.15) is 0 Å². The molecule has 3 nitrogen and oxygen atoms in total. The summed E-state index contributed by atoms with van der Waals surface area (Å²) in [5, 5.41) is 9.59. The van der Waals surface area contributed by atoms with Crippen molar-refractivity contribution >= 4 is 21.9 Å². The molecule has 0 atom stereocenters.